The molecule has 0 spiro atoms. The fourth-order valence-corrected chi connectivity index (χ4v) is 1.71. The van der Waals surface area contributed by atoms with Crippen molar-refractivity contribution in [1.29, 1.82) is 0 Å². The van der Waals surface area contributed by atoms with Crippen LogP contribution >= 0.6 is 0 Å². The van der Waals surface area contributed by atoms with Crippen LogP contribution in [0.15, 0.2) is 42.7 Å². The Kier molecular flexibility index (Phi) is 4.44. The van der Waals surface area contributed by atoms with Gasteiger partial charge in [-0.3, -0.25) is 4.98 Å². The van der Waals surface area contributed by atoms with Crippen LogP contribution in [0.5, 0.6) is 0 Å². The molecule has 5 heteroatoms. The average molecular weight is 257 g/mol. The van der Waals surface area contributed by atoms with E-state index in [2.05, 4.69) is 27.4 Å². The average Bonchev–Trinajstić information content (AvgIpc) is 2.45. The van der Waals surface area contributed by atoms with Crippen LogP contribution in [0, 0.1) is 0 Å². The van der Waals surface area contributed by atoms with Gasteiger partial charge < -0.3 is 10.4 Å². The molecule has 19 heavy (non-hydrogen) atoms. The molecule has 2 aromatic rings. The highest BCUT2D eigenvalue weighted by atomic mass is 16.4. The summed E-state index contributed by atoms with van der Waals surface area (Å²) in [7, 11) is 0. The number of hydrogen-bond donors (Lipinski definition) is 2. The molecule has 0 bridgehead atoms. The van der Waals surface area contributed by atoms with Gasteiger partial charge in [0.15, 0.2) is 5.69 Å². The molecule has 2 N–H and O–H groups in total. The first kappa shape index (κ1) is 13.0. The highest BCUT2D eigenvalue weighted by molar-refractivity contribution is 5.85. The van der Waals surface area contributed by atoms with E-state index in [9.17, 15) is 4.79 Å². The van der Waals surface area contributed by atoms with E-state index in [-0.39, 0.29) is 5.69 Å². The van der Waals surface area contributed by atoms with Crippen molar-refractivity contribution >= 4 is 11.8 Å². The monoisotopic (exact) mass is 257 g/mol. The number of aromatic carboxylic acids is 1. The van der Waals surface area contributed by atoms with E-state index in [0.717, 1.165) is 19.4 Å². The zero-order valence-electron chi connectivity index (χ0n) is 10.4. The lowest BCUT2D eigenvalue weighted by atomic mass is 10.1. The van der Waals surface area contributed by atoms with Gasteiger partial charge in [-0.25, -0.2) is 9.78 Å². The summed E-state index contributed by atoms with van der Waals surface area (Å²) in [6, 6.07) is 10.2. The van der Waals surface area contributed by atoms with Crippen LogP contribution in [0.2, 0.25) is 0 Å². The highest BCUT2D eigenvalue weighted by Crippen LogP contribution is 2.05. The summed E-state index contributed by atoms with van der Waals surface area (Å²) in [6.07, 6.45) is 4.68. The number of nitrogens with zero attached hydrogens (tertiary/aromatic N) is 2. The van der Waals surface area contributed by atoms with Gasteiger partial charge in [-0.1, -0.05) is 30.3 Å². The molecule has 0 aliphatic carbocycles. The van der Waals surface area contributed by atoms with Crippen molar-refractivity contribution in [2.45, 2.75) is 12.8 Å². The van der Waals surface area contributed by atoms with E-state index in [1.165, 1.54) is 18.0 Å². The Bertz CT molecular complexity index is 543. The molecule has 0 saturated heterocycles. The molecule has 0 radical (unpaired) electrons. The van der Waals surface area contributed by atoms with Gasteiger partial charge in [0.25, 0.3) is 0 Å². The normalized spacial score (nSPS) is 10.1. The molecule has 1 heterocycles. The van der Waals surface area contributed by atoms with Crippen LogP contribution in [0.3, 0.4) is 0 Å². The van der Waals surface area contributed by atoms with Crippen molar-refractivity contribution in [2.75, 3.05) is 11.9 Å². The number of rotatable bonds is 6. The number of aryl methyl sites for hydroxylation is 1. The van der Waals surface area contributed by atoms with Gasteiger partial charge in [0, 0.05) is 6.54 Å². The molecule has 0 atom stereocenters. The molecule has 0 saturated carbocycles. The van der Waals surface area contributed by atoms with Crippen molar-refractivity contribution in [3.63, 3.8) is 0 Å². The second-order valence-corrected chi connectivity index (χ2v) is 4.11. The molecule has 0 aliphatic rings. The first-order valence-electron chi connectivity index (χ1n) is 6.09. The minimum absolute atomic E-state index is 0.0481. The lowest BCUT2D eigenvalue weighted by molar-refractivity contribution is 0.0690. The molecule has 0 unspecified atom stereocenters. The number of carboxylic acid groups (broad SMARTS) is 1. The number of aromatic nitrogens is 2. The zero-order valence-corrected chi connectivity index (χ0v) is 10.4. The third-order valence-electron chi connectivity index (χ3n) is 2.64. The van der Waals surface area contributed by atoms with Crippen LogP contribution in [0.25, 0.3) is 0 Å². The zero-order chi connectivity index (χ0) is 13.5. The summed E-state index contributed by atoms with van der Waals surface area (Å²) >= 11 is 0. The van der Waals surface area contributed by atoms with E-state index < -0.39 is 5.97 Å². The lowest BCUT2D eigenvalue weighted by Gasteiger charge is -2.05. The Morgan fingerprint density at radius 1 is 1.21 bits per heavy atom. The first-order valence-corrected chi connectivity index (χ1v) is 6.09. The third-order valence-corrected chi connectivity index (χ3v) is 2.64. The predicted octanol–water partition coefficient (Wildman–Crippen LogP) is 2.22. The minimum Gasteiger partial charge on any atom is -0.476 e. The lowest BCUT2D eigenvalue weighted by Crippen LogP contribution is -2.08. The Balaban J connectivity index is 1.80. The standard InChI is InChI=1S/C14H15N3O2/c18-14(19)12-9-15-10-13(17-12)16-8-4-7-11-5-2-1-3-6-11/h1-3,5-6,9-10H,4,7-8H2,(H,16,17)(H,18,19). The quantitative estimate of drug-likeness (QED) is 0.776. The Morgan fingerprint density at radius 2 is 2.00 bits per heavy atom. The molecular formula is C14H15N3O2. The number of hydrogen-bond acceptors (Lipinski definition) is 4. The number of carboxylic acids is 1. The largest absolute Gasteiger partial charge is 0.476 e. The molecule has 0 aliphatic heterocycles. The molecule has 1 aromatic carbocycles. The van der Waals surface area contributed by atoms with Gasteiger partial charge in [-0.2, -0.15) is 0 Å². The van der Waals surface area contributed by atoms with Crippen molar-refractivity contribution < 1.29 is 9.90 Å². The Morgan fingerprint density at radius 3 is 2.74 bits per heavy atom. The summed E-state index contributed by atoms with van der Waals surface area (Å²) in [4.78, 5) is 18.5. The molecular weight excluding hydrogens is 242 g/mol. The molecule has 2 rings (SSSR count). The second kappa shape index (κ2) is 6.49. The van der Waals surface area contributed by atoms with Gasteiger partial charge in [0.2, 0.25) is 0 Å². The van der Waals surface area contributed by atoms with E-state index in [1.54, 1.807) is 0 Å². The Hall–Kier alpha value is -2.43. The molecule has 98 valence electrons. The van der Waals surface area contributed by atoms with Gasteiger partial charge >= 0.3 is 5.97 Å². The van der Waals surface area contributed by atoms with Crippen LogP contribution < -0.4 is 5.32 Å². The van der Waals surface area contributed by atoms with E-state index in [4.69, 9.17) is 5.11 Å². The fraction of sp³-hybridized carbons (Fsp3) is 0.214. The van der Waals surface area contributed by atoms with Crippen LogP contribution in [0.1, 0.15) is 22.5 Å². The topological polar surface area (TPSA) is 75.1 Å². The van der Waals surface area contributed by atoms with Crippen molar-refractivity contribution in [2.24, 2.45) is 0 Å². The maximum Gasteiger partial charge on any atom is 0.356 e. The number of carbonyl (C=O) groups is 1. The van der Waals surface area contributed by atoms with Crippen LogP contribution in [-0.2, 0) is 6.42 Å². The maximum atomic E-state index is 10.7. The first-order chi connectivity index (χ1) is 9.25. The van der Waals surface area contributed by atoms with Crippen LogP contribution in [0.4, 0.5) is 5.82 Å². The fourth-order valence-electron chi connectivity index (χ4n) is 1.71. The summed E-state index contributed by atoms with van der Waals surface area (Å²) in [5.74, 6) is -0.576. The van der Waals surface area contributed by atoms with E-state index in [0.29, 0.717) is 5.82 Å². The smallest absolute Gasteiger partial charge is 0.356 e. The van der Waals surface area contributed by atoms with Crippen molar-refractivity contribution in [3.05, 3.63) is 54.0 Å². The van der Waals surface area contributed by atoms with Gasteiger partial charge in [0.1, 0.15) is 5.82 Å². The third kappa shape index (κ3) is 4.06. The van der Waals surface area contributed by atoms with Crippen molar-refractivity contribution in [1.82, 2.24) is 9.97 Å². The Labute approximate surface area is 111 Å². The molecule has 0 amide bonds. The maximum absolute atomic E-state index is 10.7. The summed E-state index contributed by atoms with van der Waals surface area (Å²) < 4.78 is 0. The predicted molar refractivity (Wildman–Crippen MR) is 72.2 cm³/mol. The summed E-state index contributed by atoms with van der Waals surface area (Å²) in [5, 5.41) is 11.9. The molecule has 0 fully saturated rings. The van der Waals surface area contributed by atoms with Crippen molar-refractivity contribution in [3.8, 4) is 0 Å². The second-order valence-electron chi connectivity index (χ2n) is 4.11. The van der Waals surface area contributed by atoms with Gasteiger partial charge in [-0.05, 0) is 18.4 Å². The minimum atomic E-state index is -1.07. The SMILES string of the molecule is O=C(O)c1cncc(NCCCc2ccccc2)n1. The summed E-state index contributed by atoms with van der Waals surface area (Å²) in [6.45, 7) is 0.729. The molecule has 5 nitrogen and oxygen atoms in total. The van der Waals surface area contributed by atoms with E-state index in [1.807, 2.05) is 18.2 Å². The number of anilines is 1. The van der Waals surface area contributed by atoms with E-state index >= 15 is 0 Å². The molecule has 1 aromatic heterocycles. The summed E-state index contributed by atoms with van der Waals surface area (Å²) in [5.41, 5.74) is 1.24. The van der Waals surface area contributed by atoms with Crippen LogP contribution in [-0.4, -0.2) is 27.6 Å². The van der Waals surface area contributed by atoms with Gasteiger partial charge in [-0.15, -0.1) is 0 Å². The highest BCUT2D eigenvalue weighted by Gasteiger charge is 2.05. The number of benzene rings is 1. The number of nitrogens with one attached hydrogen (secondary N) is 1. The van der Waals surface area contributed by atoms with Gasteiger partial charge in [0.05, 0.1) is 12.4 Å².